The van der Waals surface area contributed by atoms with Crippen LogP contribution < -0.4 is 5.32 Å². The van der Waals surface area contributed by atoms with E-state index in [1.54, 1.807) is 0 Å². The summed E-state index contributed by atoms with van der Waals surface area (Å²) >= 11 is 1.46. The molecule has 9 heteroatoms. The lowest BCUT2D eigenvalue weighted by Gasteiger charge is -2.23. The second kappa shape index (κ2) is 7.53. The zero-order valence-electron chi connectivity index (χ0n) is 15.5. The quantitative estimate of drug-likeness (QED) is 0.819. The first-order chi connectivity index (χ1) is 13.4. The van der Waals surface area contributed by atoms with Gasteiger partial charge in [-0.2, -0.15) is 4.31 Å². The van der Waals surface area contributed by atoms with Crippen LogP contribution in [0.1, 0.15) is 36.8 Å². The number of carbonyl (C=O) groups is 1. The molecule has 1 amide bonds. The third kappa shape index (κ3) is 3.58. The molecular formula is C19H22FN3O3S2. The van der Waals surface area contributed by atoms with E-state index in [1.807, 2.05) is 0 Å². The molecule has 4 rings (SSSR count). The molecule has 1 aromatic heterocycles. The first-order valence-corrected chi connectivity index (χ1v) is 11.7. The normalized spacial score (nSPS) is 22.8. The maximum Gasteiger partial charge on any atom is 0.246 e. The van der Waals surface area contributed by atoms with Crippen LogP contribution in [0.3, 0.4) is 0 Å². The Kier molecular flexibility index (Phi) is 5.24. The van der Waals surface area contributed by atoms with Crippen molar-refractivity contribution in [3.05, 3.63) is 40.7 Å². The van der Waals surface area contributed by atoms with Crippen LogP contribution in [0.2, 0.25) is 0 Å². The highest BCUT2D eigenvalue weighted by atomic mass is 32.2. The molecule has 2 heterocycles. The standard InChI is InChI=1S/C19H22FN3O3S2/c1-12-8-9-14-16(11-12)27-19(21-14)22-18(24)15-6-4-10-23(15)28(25,26)17-7-3-2-5-13(17)20/h2-3,5,7,12,15H,4,6,8-11H2,1H3,(H,21,22,24). The van der Waals surface area contributed by atoms with Crippen LogP contribution in [0.4, 0.5) is 9.52 Å². The van der Waals surface area contributed by atoms with Crippen LogP contribution in [0.5, 0.6) is 0 Å². The maximum atomic E-state index is 14.1. The summed E-state index contributed by atoms with van der Waals surface area (Å²) in [5, 5.41) is 3.31. The average molecular weight is 424 g/mol. The van der Waals surface area contributed by atoms with E-state index in [0.717, 1.165) is 35.3 Å². The third-order valence-corrected chi connectivity index (χ3v) is 8.32. The van der Waals surface area contributed by atoms with E-state index in [4.69, 9.17) is 0 Å². The van der Waals surface area contributed by atoms with E-state index in [0.29, 0.717) is 23.9 Å². The second-order valence-corrected chi connectivity index (χ2v) is 10.4. The van der Waals surface area contributed by atoms with Gasteiger partial charge in [-0.25, -0.2) is 17.8 Å². The maximum absolute atomic E-state index is 14.1. The molecule has 2 atom stereocenters. The van der Waals surface area contributed by atoms with Crippen molar-refractivity contribution in [2.24, 2.45) is 5.92 Å². The summed E-state index contributed by atoms with van der Waals surface area (Å²) in [6, 6.07) is 4.40. The van der Waals surface area contributed by atoms with Gasteiger partial charge in [-0.05, 0) is 50.2 Å². The number of carbonyl (C=O) groups excluding carboxylic acids is 1. The van der Waals surface area contributed by atoms with Crippen LogP contribution in [0, 0.1) is 11.7 Å². The van der Waals surface area contributed by atoms with Gasteiger partial charge in [0.05, 0.1) is 5.69 Å². The molecule has 1 aliphatic carbocycles. The van der Waals surface area contributed by atoms with E-state index in [9.17, 15) is 17.6 Å². The molecule has 6 nitrogen and oxygen atoms in total. The Balaban J connectivity index is 1.54. The van der Waals surface area contributed by atoms with Gasteiger partial charge in [-0.3, -0.25) is 4.79 Å². The number of nitrogens with one attached hydrogen (secondary N) is 1. The molecule has 1 aromatic carbocycles. The fourth-order valence-corrected chi connectivity index (χ4v) is 6.75. The molecule has 0 saturated carbocycles. The SMILES string of the molecule is CC1CCc2nc(NC(=O)C3CCCN3S(=O)(=O)c3ccccc3F)sc2C1. The lowest BCUT2D eigenvalue weighted by Crippen LogP contribution is -2.43. The first kappa shape index (κ1) is 19.5. The minimum atomic E-state index is -4.08. The van der Waals surface area contributed by atoms with Crippen LogP contribution in [0.25, 0.3) is 0 Å². The topological polar surface area (TPSA) is 79.4 Å². The molecule has 2 aliphatic rings. The molecule has 0 bridgehead atoms. The van der Waals surface area contributed by atoms with Crippen molar-refractivity contribution in [2.45, 2.75) is 50.0 Å². The number of sulfonamides is 1. The molecule has 150 valence electrons. The Morgan fingerprint density at radius 3 is 2.89 bits per heavy atom. The second-order valence-electron chi connectivity index (χ2n) is 7.43. The largest absolute Gasteiger partial charge is 0.301 e. The number of halogens is 1. The van der Waals surface area contributed by atoms with Gasteiger partial charge in [0.15, 0.2) is 5.13 Å². The number of aromatic nitrogens is 1. The molecule has 1 saturated heterocycles. The lowest BCUT2D eigenvalue weighted by atomic mass is 9.93. The number of hydrogen-bond acceptors (Lipinski definition) is 5. The molecule has 1 fully saturated rings. The van der Waals surface area contributed by atoms with Crippen molar-refractivity contribution >= 4 is 32.4 Å². The van der Waals surface area contributed by atoms with Gasteiger partial charge in [0.25, 0.3) is 0 Å². The van der Waals surface area contributed by atoms with Crippen molar-refractivity contribution in [3.63, 3.8) is 0 Å². The summed E-state index contributed by atoms with van der Waals surface area (Å²) in [6.45, 7) is 2.39. The Morgan fingerprint density at radius 2 is 2.11 bits per heavy atom. The van der Waals surface area contributed by atoms with Gasteiger partial charge in [0.2, 0.25) is 15.9 Å². The summed E-state index contributed by atoms with van der Waals surface area (Å²) in [7, 11) is -4.08. The number of thiazole rings is 1. The van der Waals surface area contributed by atoms with Gasteiger partial charge in [0.1, 0.15) is 16.8 Å². The van der Waals surface area contributed by atoms with Crippen LogP contribution in [-0.4, -0.2) is 36.2 Å². The van der Waals surface area contributed by atoms with Gasteiger partial charge in [0, 0.05) is 11.4 Å². The van der Waals surface area contributed by atoms with Crippen LogP contribution >= 0.6 is 11.3 Å². The number of amides is 1. The molecule has 1 N–H and O–H groups in total. The zero-order valence-corrected chi connectivity index (χ0v) is 17.2. The predicted molar refractivity (Wildman–Crippen MR) is 105 cm³/mol. The van der Waals surface area contributed by atoms with Crippen LogP contribution in [-0.2, 0) is 27.7 Å². The predicted octanol–water partition coefficient (Wildman–Crippen LogP) is 3.20. The molecule has 0 radical (unpaired) electrons. The summed E-state index contributed by atoms with van der Waals surface area (Å²) in [5.41, 5.74) is 1.03. The third-order valence-electron chi connectivity index (χ3n) is 5.35. The molecule has 1 aliphatic heterocycles. The fourth-order valence-electron chi connectivity index (χ4n) is 3.85. The highest BCUT2D eigenvalue weighted by molar-refractivity contribution is 7.89. The first-order valence-electron chi connectivity index (χ1n) is 9.42. The van der Waals surface area contributed by atoms with Gasteiger partial charge < -0.3 is 5.32 Å². The van der Waals surface area contributed by atoms with Crippen molar-refractivity contribution < 1.29 is 17.6 Å². The van der Waals surface area contributed by atoms with Crippen molar-refractivity contribution in [2.75, 3.05) is 11.9 Å². The molecule has 0 spiro atoms. The summed E-state index contributed by atoms with van der Waals surface area (Å²) in [6.07, 6.45) is 3.90. The monoisotopic (exact) mass is 423 g/mol. The Bertz CT molecular complexity index is 1010. The van der Waals surface area contributed by atoms with Crippen molar-refractivity contribution in [1.29, 1.82) is 0 Å². The van der Waals surface area contributed by atoms with Gasteiger partial charge >= 0.3 is 0 Å². The number of nitrogens with zero attached hydrogens (tertiary/aromatic N) is 2. The van der Waals surface area contributed by atoms with E-state index in [1.165, 1.54) is 34.4 Å². The van der Waals surface area contributed by atoms with E-state index < -0.39 is 32.7 Å². The highest BCUT2D eigenvalue weighted by Crippen LogP contribution is 2.33. The minimum absolute atomic E-state index is 0.195. The minimum Gasteiger partial charge on any atom is -0.301 e. The lowest BCUT2D eigenvalue weighted by molar-refractivity contribution is -0.119. The van der Waals surface area contributed by atoms with Crippen molar-refractivity contribution in [1.82, 2.24) is 9.29 Å². The molecule has 2 unspecified atom stereocenters. The summed E-state index contributed by atoms with van der Waals surface area (Å²) < 4.78 is 41.0. The summed E-state index contributed by atoms with van der Waals surface area (Å²) in [4.78, 5) is 18.1. The van der Waals surface area contributed by atoms with E-state index in [-0.39, 0.29) is 6.54 Å². The number of aryl methyl sites for hydroxylation is 1. The molecular weight excluding hydrogens is 401 g/mol. The number of fused-ring (bicyclic) bond motifs is 1. The Labute approximate surface area is 167 Å². The number of anilines is 1. The summed E-state index contributed by atoms with van der Waals surface area (Å²) in [5.74, 6) is -0.612. The smallest absolute Gasteiger partial charge is 0.246 e. The van der Waals surface area contributed by atoms with Crippen LogP contribution in [0.15, 0.2) is 29.2 Å². The zero-order chi connectivity index (χ0) is 19.9. The molecule has 2 aromatic rings. The average Bonchev–Trinajstić information content (AvgIpc) is 3.28. The van der Waals surface area contributed by atoms with E-state index >= 15 is 0 Å². The molecule has 28 heavy (non-hydrogen) atoms. The number of benzene rings is 1. The van der Waals surface area contributed by atoms with Crippen molar-refractivity contribution in [3.8, 4) is 0 Å². The van der Waals surface area contributed by atoms with Gasteiger partial charge in [-0.1, -0.05) is 19.1 Å². The van der Waals surface area contributed by atoms with E-state index in [2.05, 4.69) is 17.2 Å². The number of rotatable bonds is 4. The fraction of sp³-hybridized carbons (Fsp3) is 0.474. The Morgan fingerprint density at radius 1 is 1.32 bits per heavy atom. The highest BCUT2D eigenvalue weighted by Gasteiger charge is 2.40. The van der Waals surface area contributed by atoms with Gasteiger partial charge in [-0.15, -0.1) is 11.3 Å². The number of hydrogen-bond donors (Lipinski definition) is 1. The Hall–Kier alpha value is -1.84.